The van der Waals surface area contributed by atoms with Gasteiger partial charge in [-0.3, -0.25) is 9.78 Å². The number of carbonyl (C=O) groups is 1. The Morgan fingerprint density at radius 2 is 1.82 bits per heavy atom. The van der Waals surface area contributed by atoms with Crippen LogP contribution in [-0.2, 0) is 0 Å². The quantitative estimate of drug-likeness (QED) is 0.382. The SMILES string of the molecule is CC.CSc1ccccc1-c1[nH]c(C)cc1C(=O)NCC1CCC(c2ccnc(C)c2)CC1. The van der Waals surface area contributed by atoms with E-state index in [0.29, 0.717) is 11.8 Å². The molecule has 0 atom stereocenters. The molecule has 0 aliphatic heterocycles. The van der Waals surface area contributed by atoms with Gasteiger partial charge in [-0.1, -0.05) is 32.0 Å². The fraction of sp³-hybridized carbons (Fsp3) is 0.429. The Balaban J connectivity index is 0.00000149. The summed E-state index contributed by atoms with van der Waals surface area (Å²) in [6, 6.07) is 14.6. The second-order valence-electron chi connectivity index (χ2n) is 8.60. The summed E-state index contributed by atoms with van der Waals surface area (Å²) in [4.78, 5) is 22.0. The van der Waals surface area contributed by atoms with Crippen molar-refractivity contribution in [3.8, 4) is 11.3 Å². The third-order valence-corrected chi connectivity index (χ3v) is 7.16. The highest BCUT2D eigenvalue weighted by Gasteiger charge is 2.24. The Bertz CT molecular complexity index is 1050. The van der Waals surface area contributed by atoms with Gasteiger partial charge in [0.15, 0.2) is 0 Å². The van der Waals surface area contributed by atoms with Gasteiger partial charge in [0.1, 0.15) is 0 Å². The normalized spacial score (nSPS) is 17.7. The summed E-state index contributed by atoms with van der Waals surface area (Å²) in [6.07, 6.45) is 8.65. The number of aryl methyl sites for hydroxylation is 2. The zero-order valence-corrected chi connectivity index (χ0v) is 21.4. The molecule has 0 unspecified atom stereocenters. The van der Waals surface area contributed by atoms with Gasteiger partial charge in [-0.05, 0) is 87.5 Å². The molecule has 1 aliphatic carbocycles. The summed E-state index contributed by atoms with van der Waals surface area (Å²) in [5.74, 6) is 1.18. The maximum absolute atomic E-state index is 13.1. The average Bonchev–Trinajstić information content (AvgIpc) is 3.25. The number of rotatable bonds is 6. The summed E-state index contributed by atoms with van der Waals surface area (Å²) >= 11 is 1.70. The monoisotopic (exact) mass is 463 g/mol. The Kier molecular flexibility index (Phi) is 9.19. The Morgan fingerprint density at radius 1 is 1.09 bits per heavy atom. The maximum Gasteiger partial charge on any atom is 0.253 e. The molecule has 176 valence electrons. The molecular formula is C28H37N3OS. The standard InChI is InChI=1S/C26H31N3OS.C2H6/c1-17-14-21(12-13-27-17)20-10-8-19(9-11-20)16-28-26(30)23-15-18(2)29-25(23)22-6-4-5-7-24(22)31-3;1-2/h4-7,12-15,19-20,29H,8-11,16H2,1-3H3,(H,28,30);1-2H3. The Labute approximate surface area is 203 Å². The van der Waals surface area contributed by atoms with Crippen molar-refractivity contribution >= 4 is 17.7 Å². The van der Waals surface area contributed by atoms with Crippen LogP contribution in [0.15, 0.2) is 53.6 Å². The van der Waals surface area contributed by atoms with E-state index in [9.17, 15) is 4.79 Å². The molecule has 1 fully saturated rings. The lowest BCUT2D eigenvalue weighted by molar-refractivity contribution is 0.0943. The second-order valence-corrected chi connectivity index (χ2v) is 9.45. The predicted octanol–water partition coefficient (Wildman–Crippen LogP) is 7.15. The molecule has 2 aromatic heterocycles. The van der Waals surface area contributed by atoms with Gasteiger partial charge in [-0.2, -0.15) is 0 Å². The van der Waals surface area contributed by atoms with Crippen molar-refractivity contribution in [2.45, 2.75) is 64.2 Å². The summed E-state index contributed by atoms with van der Waals surface area (Å²) in [6.45, 7) is 8.80. The molecule has 0 spiro atoms. The van der Waals surface area contributed by atoms with Gasteiger partial charge < -0.3 is 10.3 Å². The van der Waals surface area contributed by atoms with E-state index in [1.165, 1.54) is 23.3 Å². The minimum absolute atomic E-state index is 0.0159. The molecule has 2 N–H and O–H groups in total. The van der Waals surface area contributed by atoms with Crippen molar-refractivity contribution in [3.05, 3.63) is 71.2 Å². The van der Waals surface area contributed by atoms with E-state index in [0.717, 1.165) is 47.6 Å². The summed E-state index contributed by atoms with van der Waals surface area (Å²) in [7, 11) is 0. The number of hydrogen-bond acceptors (Lipinski definition) is 3. The first-order valence-corrected chi connectivity index (χ1v) is 13.3. The minimum atomic E-state index is 0.0159. The number of carbonyl (C=O) groups excluding carboxylic acids is 1. The lowest BCUT2D eigenvalue weighted by Crippen LogP contribution is -2.31. The van der Waals surface area contributed by atoms with E-state index in [4.69, 9.17) is 0 Å². The van der Waals surface area contributed by atoms with E-state index < -0.39 is 0 Å². The van der Waals surface area contributed by atoms with Gasteiger partial charge in [-0.25, -0.2) is 0 Å². The Morgan fingerprint density at radius 3 is 2.52 bits per heavy atom. The van der Waals surface area contributed by atoms with Gasteiger partial charge in [0, 0.05) is 34.6 Å². The largest absolute Gasteiger partial charge is 0.358 e. The number of thioether (sulfide) groups is 1. The van der Waals surface area contributed by atoms with E-state index in [1.807, 2.05) is 45.2 Å². The molecule has 3 aromatic rings. The first-order chi connectivity index (χ1) is 16.0. The first kappa shape index (κ1) is 25.1. The van der Waals surface area contributed by atoms with Crippen LogP contribution in [-0.4, -0.2) is 28.7 Å². The molecule has 1 amide bonds. The van der Waals surface area contributed by atoms with Crippen molar-refractivity contribution < 1.29 is 4.79 Å². The van der Waals surface area contributed by atoms with Crippen LogP contribution in [0.1, 0.15) is 72.8 Å². The van der Waals surface area contributed by atoms with Crippen molar-refractivity contribution in [2.24, 2.45) is 5.92 Å². The molecule has 1 saturated carbocycles. The van der Waals surface area contributed by atoms with E-state index >= 15 is 0 Å². The van der Waals surface area contributed by atoms with Crippen LogP contribution in [0.4, 0.5) is 0 Å². The van der Waals surface area contributed by atoms with Crippen LogP contribution in [0.5, 0.6) is 0 Å². The van der Waals surface area contributed by atoms with Gasteiger partial charge in [0.25, 0.3) is 5.91 Å². The first-order valence-electron chi connectivity index (χ1n) is 12.1. The smallest absolute Gasteiger partial charge is 0.253 e. The average molecular weight is 464 g/mol. The lowest BCUT2D eigenvalue weighted by atomic mass is 9.79. The van der Waals surface area contributed by atoms with E-state index in [2.05, 4.69) is 52.7 Å². The molecule has 4 rings (SSSR count). The van der Waals surface area contributed by atoms with Crippen molar-refractivity contribution in [1.29, 1.82) is 0 Å². The number of hydrogen-bond donors (Lipinski definition) is 2. The molecule has 0 saturated heterocycles. The topological polar surface area (TPSA) is 57.8 Å². The zero-order valence-electron chi connectivity index (χ0n) is 20.6. The fourth-order valence-corrected chi connectivity index (χ4v) is 5.29. The molecule has 33 heavy (non-hydrogen) atoms. The number of nitrogens with one attached hydrogen (secondary N) is 2. The van der Waals surface area contributed by atoms with Gasteiger partial charge in [0.2, 0.25) is 0 Å². The Hall–Kier alpha value is -2.53. The summed E-state index contributed by atoms with van der Waals surface area (Å²) in [5.41, 5.74) is 6.24. The zero-order chi connectivity index (χ0) is 23.8. The van der Waals surface area contributed by atoms with Crippen LogP contribution < -0.4 is 5.32 Å². The molecule has 5 heteroatoms. The van der Waals surface area contributed by atoms with Gasteiger partial charge >= 0.3 is 0 Å². The minimum Gasteiger partial charge on any atom is -0.358 e. The highest BCUT2D eigenvalue weighted by atomic mass is 32.2. The number of aromatic amines is 1. The number of H-pyrrole nitrogens is 1. The number of aromatic nitrogens is 2. The van der Waals surface area contributed by atoms with Gasteiger partial charge in [-0.15, -0.1) is 11.8 Å². The lowest BCUT2D eigenvalue weighted by Gasteiger charge is -2.29. The third kappa shape index (κ3) is 6.29. The number of pyridine rings is 1. The van der Waals surface area contributed by atoms with Gasteiger partial charge in [0.05, 0.1) is 11.3 Å². The molecule has 1 aliphatic rings. The van der Waals surface area contributed by atoms with Crippen molar-refractivity contribution in [2.75, 3.05) is 12.8 Å². The van der Waals surface area contributed by atoms with Crippen LogP contribution in [0.25, 0.3) is 11.3 Å². The van der Waals surface area contributed by atoms with E-state index in [-0.39, 0.29) is 5.91 Å². The molecular weight excluding hydrogens is 426 g/mol. The number of benzene rings is 1. The predicted molar refractivity (Wildman–Crippen MR) is 140 cm³/mol. The van der Waals surface area contributed by atoms with Crippen molar-refractivity contribution in [1.82, 2.24) is 15.3 Å². The van der Waals surface area contributed by atoms with Crippen LogP contribution in [0.3, 0.4) is 0 Å². The molecule has 2 heterocycles. The van der Waals surface area contributed by atoms with E-state index in [1.54, 1.807) is 11.8 Å². The molecule has 0 bridgehead atoms. The second kappa shape index (κ2) is 12.1. The fourth-order valence-electron chi connectivity index (χ4n) is 4.69. The highest BCUT2D eigenvalue weighted by molar-refractivity contribution is 7.98. The maximum atomic E-state index is 13.1. The third-order valence-electron chi connectivity index (χ3n) is 6.36. The van der Waals surface area contributed by atoms with Crippen LogP contribution >= 0.6 is 11.8 Å². The highest BCUT2D eigenvalue weighted by Crippen LogP contribution is 2.36. The molecule has 0 radical (unpaired) electrons. The number of nitrogens with zero attached hydrogens (tertiary/aromatic N) is 1. The summed E-state index contributed by atoms with van der Waals surface area (Å²) < 4.78 is 0. The number of amides is 1. The molecule has 4 nitrogen and oxygen atoms in total. The van der Waals surface area contributed by atoms with Crippen molar-refractivity contribution in [3.63, 3.8) is 0 Å². The summed E-state index contributed by atoms with van der Waals surface area (Å²) in [5, 5.41) is 3.22. The molecule has 1 aromatic carbocycles. The van der Waals surface area contributed by atoms with Crippen LogP contribution in [0, 0.1) is 19.8 Å². The van der Waals surface area contributed by atoms with Crippen LogP contribution in [0.2, 0.25) is 0 Å².